The summed E-state index contributed by atoms with van der Waals surface area (Å²) in [4.78, 5) is 14.3. The molecule has 0 saturated carbocycles. The minimum absolute atomic E-state index is 0.00412. The summed E-state index contributed by atoms with van der Waals surface area (Å²) in [6.45, 7) is 4.54. The second-order valence-corrected chi connectivity index (χ2v) is 8.64. The number of sulfonamides is 1. The van der Waals surface area contributed by atoms with Crippen LogP contribution in [0.25, 0.3) is 0 Å². The van der Waals surface area contributed by atoms with Crippen LogP contribution in [0.15, 0.2) is 47.4 Å². The molecule has 144 valence electrons. The van der Waals surface area contributed by atoms with Gasteiger partial charge in [-0.05, 0) is 67.3 Å². The maximum atomic E-state index is 12.5. The summed E-state index contributed by atoms with van der Waals surface area (Å²) >= 11 is 0. The van der Waals surface area contributed by atoms with Gasteiger partial charge < -0.3 is 9.64 Å². The number of ether oxygens (including phenoxy) is 1. The average Bonchev–Trinajstić information content (AvgIpc) is 3.03. The van der Waals surface area contributed by atoms with Gasteiger partial charge in [0.05, 0.1) is 12.0 Å². The topological polar surface area (TPSA) is 75.7 Å². The van der Waals surface area contributed by atoms with Crippen LogP contribution >= 0.6 is 0 Å². The van der Waals surface area contributed by atoms with Crippen LogP contribution in [-0.2, 0) is 14.8 Å². The number of nitrogens with one attached hydrogen (secondary N) is 1. The second-order valence-electron chi connectivity index (χ2n) is 6.87. The number of hydrogen-bond acceptors (Lipinski definition) is 4. The molecule has 7 heteroatoms. The highest BCUT2D eigenvalue weighted by Gasteiger charge is 2.31. The van der Waals surface area contributed by atoms with E-state index in [1.807, 2.05) is 26.0 Å². The van der Waals surface area contributed by atoms with Crippen molar-refractivity contribution in [3.8, 4) is 5.75 Å². The highest BCUT2D eigenvalue weighted by Crippen LogP contribution is 2.27. The van der Waals surface area contributed by atoms with Gasteiger partial charge in [0.15, 0.2) is 0 Å². The van der Waals surface area contributed by atoms with Crippen LogP contribution in [-0.4, -0.2) is 34.5 Å². The third-order valence-corrected chi connectivity index (χ3v) is 6.36. The van der Waals surface area contributed by atoms with E-state index in [2.05, 4.69) is 4.72 Å². The molecule has 1 fully saturated rings. The standard InChI is InChI=1S/C20H24N2O4S/c1-14-4-9-19(10-15(14)2)27(24,25)21-12-16-11-20(23)22(13-16)17-5-7-18(26-3)8-6-17/h4-10,16,21H,11-13H2,1-3H3/t16-/m0/s1. The molecule has 0 aromatic heterocycles. The first kappa shape index (κ1) is 19.4. The van der Waals surface area contributed by atoms with Crippen LogP contribution in [0.4, 0.5) is 5.69 Å². The number of nitrogens with zero attached hydrogens (tertiary/aromatic N) is 1. The summed E-state index contributed by atoms with van der Waals surface area (Å²) < 4.78 is 32.8. The predicted molar refractivity (Wildman–Crippen MR) is 105 cm³/mol. The van der Waals surface area contributed by atoms with Gasteiger partial charge in [-0.2, -0.15) is 0 Å². The van der Waals surface area contributed by atoms with E-state index in [0.717, 1.165) is 22.6 Å². The van der Waals surface area contributed by atoms with E-state index in [-0.39, 0.29) is 23.3 Å². The van der Waals surface area contributed by atoms with Crippen LogP contribution in [0.1, 0.15) is 17.5 Å². The fourth-order valence-corrected chi connectivity index (χ4v) is 4.32. The molecule has 1 aliphatic rings. The molecule has 0 aliphatic carbocycles. The number of aryl methyl sites for hydroxylation is 2. The number of rotatable bonds is 6. The largest absolute Gasteiger partial charge is 0.497 e. The number of anilines is 1. The minimum atomic E-state index is -3.59. The molecule has 1 atom stereocenters. The fourth-order valence-electron chi connectivity index (χ4n) is 3.12. The highest BCUT2D eigenvalue weighted by atomic mass is 32.2. The van der Waals surface area contributed by atoms with Crippen molar-refractivity contribution < 1.29 is 17.9 Å². The molecule has 0 spiro atoms. The summed E-state index contributed by atoms with van der Waals surface area (Å²) in [5.41, 5.74) is 2.77. The van der Waals surface area contributed by atoms with Gasteiger partial charge in [0.25, 0.3) is 0 Å². The average molecular weight is 388 g/mol. The van der Waals surface area contributed by atoms with Gasteiger partial charge in [-0.3, -0.25) is 4.79 Å². The van der Waals surface area contributed by atoms with Crippen molar-refractivity contribution in [1.82, 2.24) is 4.72 Å². The molecule has 1 heterocycles. The lowest BCUT2D eigenvalue weighted by atomic mass is 10.1. The van der Waals surface area contributed by atoms with E-state index in [1.165, 1.54) is 0 Å². The molecule has 0 unspecified atom stereocenters. The van der Waals surface area contributed by atoms with Crippen molar-refractivity contribution in [2.45, 2.75) is 25.2 Å². The van der Waals surface area contributed by atoms with Crippen molar-refractivity contribution >= 4 is 21.6 Å². The second kappa shape index (κ2) is 7.70. The molecule has 1 saturated heterocycles. The van der Waals surface area contributed by atoms with Crippen molar-refractivity contribution in [1.29, 1.82) is 0 Å². The molecule has 6 nitrogen and oxygen atoms in total. The van der Waals surface area contributed by atoms with Gasteiger partial charge in [-0.15, -0.1) is 0 Å². The molecule has 1 amide bonds. The first-order valence-corrected chi connectivity index (χ1v) is 10.3. The zero-order valence-electron chi connectivity index (χ0n) is 15.7. The minimum Gasteiger partial charge on any atom is -0.497 e. The Morgan fingerprint density at radius 3 is 2.44 bits per heavy atom. The van der Waals surface area contributed by atoms with Crippen LogP contribution in [0.3, 0.4) is 0 Å². The summed E-state index contributed by atoms with van der Waals surface area (Å²) in [5, 5.41) is 0. The summed E-state index contributed by atoms with van der Waals surface area (Å²) in [5.74, 6) is 0.652. The Hall–Kier alpha value is -2.38. The number of benzene rings is 2. The van der Waals surface area contributed by atoms with E-state index < -0.39 is 10.0 Å². The maximum absolute atomic E-state index is 12.5. The monoisotopic (exact) mass is 388 g/mol. The Bertz CT molecular complexity index is 939. The van der Waals surface area contributed by atoms with E-state index in [1.54, 1.807) is 42.3 Å². The van der Waals surface area contributed by atoms with Gasteiger partial charge in [0.2, 0.25) is 15.9 Å². The lowest BCUT2D eigenvalue weighted by molar-refractivity contribution is -0.117. The van der Waals surface area contributed by atoms with Crippen LogP contribution in [0.5, 0.6) is 5.75 Å². The number of methoxy groups -OCH3 is 1. The van der Waals surface area contributed by atoms with E-state index in [4.69, 9.17) is 4.74 Å². The molecule has 0 bridgehead atoms. The van der Waals surface area contributed by atoms with Crippen LogP contribution < -0.4 is 14.4 Å². The van der Waals surface area contributed by atoms with Crippen molar-refractivity contribution in [2.24, 2.45) is 5.92 Å². The van der Waals surface area contributed by atoms with E-state index >= 15 is 0 Å². The van der Waals surface area contributed by atoms with Crippen molar-refractivity contribution in [2.75, 3.05) is 25.1 Å². The zero-order valence-corrected chi connectivity index (χ0v) is 16.5. The Morgan fingerprint density at radius 2 is 1.81 bits per heavy atom. The number of carbonyl (C=O) groups is 1. The number of carbonyl (C=O) groups excluding carboxylic acids is 1. The smallest absolute Gasteiger partial charge is 0.240 e. The Balaban J connectivity index is 1.64. The van der Waals surface area contributed by atoms with Crippen LogP contribution in [0, 0.1) is 19.8 Å². The number of hydrogen-bond donors (Lipinski definition) is 1. The molecule has 2 aromatic rings. The van der Waals surface area contributed by atoms with E-state index in [0.29, 0.717) is 13.0 Å². The SMILES string of the molecule is COc1ccc(N2C[C@H](CNS(=O)(=O)c3ccc(C)c(C)c3)CC2=O)cc1. The Morgan fingerprint density at radius 1 is 1.11 bits per heavy atom. The van der Waals surface area contributed by atoms with Crippen LogP contribution in [0.2, 0.25) is 0 Å². The normalized spacial score (nSPS) is 17.4. The van der Waals surface area contributed by atoms with Gasteiger partial charge in [0.1, 0.15) is 5.75 Å². The van der Waals surface area contributed by atoms with E-state index in [9.17, 15) is 13.2 Å². The Labute approximate surface area is 160 Å². The zero-order chi connectivity index (χ0) is 19.6. The molecular formula is C20H24N2O4S. The molecule has 2 aromatic carbocycles. The van der Waals surface area contributed by atoms with Gasteiger partial charge in [-0.25, -0.2) is 13.1 Å². The van der Waals surface area contributed by atoms with Crippen molar-refractivity contribution in [3.63, 3.8) is 0 Å². The van der Waals surface area contributed by atoms with Gasteiger partial charge in [-0.1, -0.05) is 6.07 Å². The lowest BCUT2D eigenvalue weighted by Gasteiger charge is -2.17. The molecule has 3 rings (SSSR count). The molecule has 1 N–H and O–H groups in total. The summed E-state index contributed by atoms with van der Waals surface area (Å²) in [6, 6.07) is 12.3. The summed E-state index contributed by atoms with van der Waals surface area (Å²) in [7, 11) is -2.00. The molecule has 1 aliphatic heterocycles. The lowest BCUT2D eigenvalue weighted by Crippen LogP contribution is -2.31. The molecular weight excluding hydrogens is 364 g/mol. The highest BCUT2D eigenvalue weighted by molar-refractivity contribution is 7.89. The first-order chi connectivity index (χ1) is 12.8. The van der Waals surface area contributed by atoms with Crippen molar-refractivity contribution in [3.05, 3.63) is 53.6 Å². The van der Waals surface area contributed by atoms with Gasteiger partial charge >= 0.3 is 0 Å². The third kappa shape index (κ3) is 4.31. The third-order valence-electron chi connectivity index (χ3n) is 4.94. The number of amides is 1. The quantitative estimate of drug-likeness (QED) is 0.825. The maximum Gasteiger partial charge on any atom is 0.240 e. The Kier molecular flexibility index (Phi) is 5.53. The summed E-state index contributed by atoms with van der Waals surface area (Å²) in [6.07, 6.45) is 0.321. The van der Waals surface area contributed by atoms with Gasteiger partial charge in [0, 0.05) is 25.2 Å². The molecule has 27 heavy (non-hydrogen) atoms. The fraction of sp³-hybridized carbons (Fsp3) is 0.350. The first-order valence-electron chi connectivity index (χ1n) is 8.81. The molecule has 0 radical (unpaired) electrons. The predicted octanol–water partition coefficient (Wildman–Crippen LogP) is 2.64.